The highest BCUT2D eigenvalue weighted by Gasteiger charge is 2.29. The van der Waals surface area contributed by atoms with E-state index in [0.29, 0.717) is 29.0 Å². The predicted octanol–water partition coefficient (Wildman–Crippen LogP) is 3.16. The third-order valence-corrected chi connectivity index (χ3v) is 8.65. The molecule has 1 saturated heterocycles. The zero-order chi connectivity index (χ0) is 27.6. The summed E-state index contributed by atoms with van der Waals surface area (Å²) in [7, 11) is -2.44. The molecule has 2 atom stereocenters. The topological polar surface area (TPSA) is 150 Å². The molecule has 1 aromatic heterocycles. The number of nitrogens with two attached hydrogens (primary N) is 1. The summed E-state index contributed by atoms with van der Waals surface area (Å²) >= 11 is 0. The third kappa shape index (κ3) is 5.73. The molecule has 9 nitrogen and oxygen atoms in total. The highest BCUT2D eigenvalue weighted by atomic mass is 32.2. The first-order valence-corrected chi connectivity index (χ1v) is 14.2. The number of amidine groups is 1. The van der Waals surface area contributed by atoms with Gasteiger partial charge in [-0.2, -0.15) is 0 Å². The van der Waals surface area contributed by atoms with E-state index in [0.717, 1.165) is 29.3 Å². The Labute approximate surface area is 227 Å². The van der Waals surface area contributed by atoms with Gasteiger partial charge >= 0.3 is 0 Å². The molecule has 39 heavy (non-hydrogen) atoms. The van der Waals surface area contributed by atoms with Crippen molar-refractivity contribution in [1.82, 2.24) is 15.0 Å². The average Bonchev–Trinajstić information content (AvgIpc) is 3.46. The number of hydrogen-bond donors (Lipinski definition) is 5. The number of H-pyrrole nitrogens is 1. The lowest BCUT2D eigenvalue weighted by molar-refractivity contribution is 0.415. The van der Waals surface area contributed by atoms with Crippen LogP contribution in [0.1, 0.15) is 40.6 Å². The average molecular weight is 546 g/mol. The van der Waals surface area contributed by atoms with Crippen LogP contribution in [0.3, 0.4) is 0 Å². The van der Waals surface area contributed by atoms with Gasteiger partial charge in [0.25, 0.3) is 5.56 Å². The van der Waals surface area contributed by atoms with E-state index in [9.17, 15) is 13.2 Å². The Morgan fingerprint density at radius 1 is 1.13 bits per heavy atom. The van der Waals surface area contributed by atoms with Gasteiger partial charge in [-0.25, -0.2) is 13.1 Å². The van der Waals surface area contributed by atoms with Crippen molar-refractivity contribution in [2.24, 2.45) is 5.73 Å². The number of pyridine rings is 1. The van der Waals surface area contributed by atoms with Gasteiger partial charge in [-0.15, -0.1) is 0 Å². The summed E-state index contributed by atoms with van der Waals surface area (Å²) in [6, 6.07) is 18.6. The molecule has 1 aliphatic heterocycles. The Morgan fingerprint density at radius 2 is 1.95 bits per heavy atom. The summed E-state index contributed by atoms with van der Waals surface area (Å²) in [5, 5.41) is 12.7. The molecule has 0 saturated carbocycles. The zero-order valence-corrected chi connectivity index (χ0v) is 22.3. The molecule has 0 spiro atoms. The van der Waals surface area contributed by atoms with E-state index >= 15 is 0 Å². The Bertz CT molecular complexity index is 1690. The maximum Gasteiger partial charge on any atom is 0.251 e. The molecule has 5 rings (SSSR count). The number of rotatable bonds is 9. The van der Waals surface area contributed by atoms with Crippen molar-refractivity contribution >= 4 is 26.6 Å². The summed E-state index contributed by atoms with van der Waals surface area (Å²) < 4.78 is 35.8. The minimum atomic E-state index is -4.00. The Hall–Kier alpha value is -3.99. The Morgan fingerprint density at radius 3 is 2.69 bits per heavy atom. The lowest BCUT2D eigenvalue weighted by Gasteiger charge is -2.24. The fourth-order valence-corrected chi connectivity index (χ4v) is 6.45. The van der Waals surface area contributed by atoms with Crippen LogP contribution in [0.4, 0.5) is 0 Å². The minimum absolute atomic E-state index is 0.0337. The van der Waals surface area contributed by atoms with Gasteiger partial charge in [0.15, 0.2) is 0 Å². The van der Waals surface area contributed by atoms with Gasteiger partial charge < -0.3 is 20.8 Å². The normalized spacial score (nSPS) is 16.3. The highest BCUT2D eigenvalue weighted by Crippen LogP contribution is 2.31. The van der Waals surface area contributed by atoms with E-state index in [-0.39, 0.29) is 28.6 Å². The van der Waals surface area contributed by atoms with Gasteiger partial charge in [0.05, 0.1) is 18.0 Å². The number of ether oxygens (including phenoxy) is 1. The maximum absolute atomic E-state index is 13.8. The van der Waals surface area contributed by atoms with Gasteiger partial charge in [-0.05, 0) is 77.7 Å². The van der Waals surface area contributed by atoms with Gasteiger partial charge in [0.2, 0.25) is 10.0 Å². The lowest BCUT2D eigenvalue weighted by atomic mass is 9.89. The predicted molar refractivity (Wildman–Crippen MR) is 152 cm³/mol. The van der Waals surface area contributed by atoms with Gasteiger partial charge in [0.1, 0.15) is 11.6 Å². The molecular weight excluding hydrogens is 514 g/mol. The van der Waals surface area contributed by atoms with Crippen molar-refractivity contribution in [3.8, 4) is 5.75 Å². The lowest BCUT2D eigenvalue weighted by Crippen LogP contribution is -2.33. The van der Waals surface area contributed by atoms with Crippen LogP contribution in [0.15, 0.2) is 82.6 Å². The number of benzene rings is 3. The van der Waals surface area contributed by atoms with E-state index in [1.54, 1.807) is 61.8 Å². The second-order valence-corrected chi connectivity index (χ2v) is 11.4. The summed E-state index contributed by atoms with van der Waals surface area (Å²) in [6.45, 7) is 1.43. The first-order valence-electron chi connectivity index (χ1n) is 12.7. The first-order chi connectivity index (χ1) is 18.7. The van der Waals surface area contributed by atoms with Crippen molar-refractivity contribution < 1.29 is 13.2 Å². The number of aromatic nitrogens is 1. The van der Waals surface area contributed by atoms with Crippen molar-refractivity contribution in [1.29, 1.82) is 5.41 Å². The van der Waals surface area contributed by atoms with Crippen LogP contribution < -0.4 is 26.1 Å². The molecule has 6 N–H and O–H groups in total. The molecule has 1 fully saturated rings. The number of fused-ring (bicyclic) bond motifs is 1. The number of nitrogens with one attached hydrogen (secondary N) is 4. The number of sulfonamides is 1. The Balaban J connectivity index is 1.58. The zero-order valence-electron chi connectivity index (χ0n) is 21.5. The Kier molecular flexibility index (Phi) is 7.51. The second-order valence-electron chi connectivity index (χ2n) is 9.73. The fraction of sp³-hybridized carbons (Fsp3) is 0.241. The van der Waals surface area contributed by atoms with E-state index in [1.165, 1.54) is 0 Å². The molecule has 202 valence electrons. The van der Waals surface area contributed by atoms with Crippen LogP contribution in [0, 0.1) is 5.41 Å². The minimum Gasteiger partial charge on any atom is -0.497 e. The van der Waals surface area contributed by atoms with Crippen molar-refractivity contribution in [3.63, 3.8) is 0 Å². The number of nitrogen functional groups attached to an aromatic ring is 1. The molecule has 0 radical (unpaired) electrons. The largest absolute Gasteiger partial charge is 0.497 e. The van der Waals surface area contributed by atoms with Crippen LogP contribution >= 0.6 is 0 Å². The molecule has 4 aromatic rings. The fourth-order valence-electron chi connectivity index (χ4n) is 5.20. The highest BCUT2D eigenvalue weighted by molar-refractivity contribution is 7.89. The molecule has 10 heteroatoms. The van der Waals surface area contributed by atoms with Crippen molar-refractivity contribution in [2.45, 2.75) is 29.7 Å². The molecule has 0 aliphatic carbocycles. The summed E-state index contributed by atoms with van der Waals surface area (Å²) in [5.74, 6) is 0.523. The number of methoxy groups -OCH3 is 1. The summed E-state index contributed by atoms with van der Waals surface area (Å²) in [6.07, 6.45) is 2.60. The van der Waals surface area contributed by atoms with Gasteiger partial charge in [-0.1, -0.05) is 30.3 Å². The maximum atomic E-state index is 13.8. The molecule has 3 aromatic carbocycles. The molecule has 1 unspecified atom stereocenters. The second kappa shape index (κ2) is 11.0. The van der Waals surface area contributed by atoms with Gasteiger partial charge in [0, 0.05) is 29.8 Å². The number of aromatic amines is 1. The SMILES string of the molecule is COc1ccc2ccc(S(=O)(=O)NC(Cc3cccc(C(=N)N)c3)c3cc[nH]c(=O)c3[C@@H]3CCNC3)cc2c1. The smallest absolute Gasteiger partial charge is 0.251 e. The number of hydrogen-bond acceptors (Lipinski definition) is 6. The molecule has 0 amide bonds. The summed E-state index contributed by atoms with van der Waals surface area (Å²) in [4.78, 5) is 15.9. The van der Waals surface area contributed by atoms with E-state index in [4.69, 9.17) is 15.9 Å². The van der Waals surface area contributed by atoms with E-state index in [1.807, 2.05) is 18.2 Å². The summed E-state index contributed by atoms with van der Waals surface area (Å²) in [5.41, 5.74) is 8.03. The van der Waals surface area contributed by atoms with Gasteiger partial charge in [-0.3, -0.25) is 10.2 Å². The van der Waals surface area contributed by atoms with E-state index in [2.05, 4.69) is 15.0 Å². The van der Waals surface area contributed by atoms with E-state index < -0.39 is 16.1 Å². The van der Waals surface area contributed by atoms with Crippen molar-refractivity contribution in [2.75, 3.05) is 20.2 Å². The van der Waals surface area contributed by atoms with Crippen molar-refractivity contribution in [3.05, 3.63) is 106 Å². The van der Waals surface area contributed by atoms with Crippen LogP contribution in [-0.4, -0.2) is 39.4 Å². The van der Waals surface area contributed by atoms with Crippen LogP contribution in [0.25, 0.3) is 10.8 Å². The molecular formula is C29H31N5O4S. The standard InChI is InChI=1S/C29H31N5O4S/c1-38-23-7-5-19-6-8-24(16-22(19)15-23)39(36,37)34-26(14-18-3-2-4-20(13-18)28(30)31)25-10-12-33-29(35)27(25)21-9-11-32-17-21/h2-8,10,12-13,15-16,21,26,32,34H,9,11,14,17H2,1H3,(H3,30,31)(H,33,35)/t21-,26?/m1/s1. The molecule has 0 bridgehead atoms. The van der Waals surface area contributed by atoms with Crippen LogP contribution in [0.5, 0.6) is 5.75 Å². The monoisotopic (exact) mass is 545 g/mol. The molecule has 2 heterocycles. The molecule has 1 aliphatic rings. The van der Waals surface area contributed by atoms with Crippen LogP contribution in [0.2, 0.25) is 0 Å². The first kappa shape index (κ1) is 26.6. The third-order valence-electron chi connectivity index (χ3n) is 7.18. The van der Waals surface area contributed by atoms with Crippen LogP contribution in [-0.2, 0) is 16.4 Å². The quantitative estimate of drug-likeness (QED) is 0.161.